The minimum absolute atomic E-state index is 0.0901. The van der Waals surface area contributed by atoms with E-state index in [4.69, 9.17) is 5.10 Å². The van der Waals surface area contributed by atoms with Crippen LogP contribution in [0.1, 0.15) is 24.6 Å². The highest BCUT2D eigenvalue weighted by molar-refractivity contribution is 5.97. The van der Waals surface area contributed by atoms with Gasteiger partial charge in [0.1, 0.15) is 5.65 Å². The van der Waals surface area contributed by atoms with Crippen molar-refractivity contribution in [1.82, 2.24) is 30.0 Å². The van der Waals surface area contributed by atoms with E-state index in [2.05, 4.69) is 50.8 Å². The number of benzene rings is 1. The Morgan fingerprint density at radius 2 is 2.11 bits per heavy atom. The lowest BCUT2D eigenvalue weighted by atomic mass is 9.95. The number of aromatic nitrogens is 4. The summed E-state index contributed by atoms with van der Waals surface area (Å²) in [4.78, 5) is 22.3. The number of urea groups is 1. The number of amides is 2. The van der Waals surface area contributed by atoms with Crippen LogP contribution < -0.4 is 10.6 Å². The van der Waals surface area contributed by atoms with Crippen molar-refractivity contribution < 1.29 is 4.79 Å². The Bertz CT molecular complexity index is 1440. The molecule has 1 unspecified atom stereocenters. The number of hydrogen-bond donors (Lipinski definition) is 3. The van der Waals surface area contributed by atoms with Gasteiger partial charge in [0.2, 0.25) is 0 Å². The Morgan fingerprint density at radius 3 is 2.89 bits per heavy atom. The number of hydrogen-bond acceptors (Lipinski definition) is 4. The number of nitrogens with zero attached hydrogens (tertiary/aromatic N) is 4. The quantitative estimate of drug-likeness (QED) is 0.345. The molecule has 0 bridgehead atoms. The Hall–Kier alpha value is -4.17. The third kappa shape index (κ3) is 5.08. The molecule has 3 aromatic heterocycles. The maximum absolute atomic E-state index is 12.6. The van der Waals surface area contributed by atoms with Crippen molar-refractivity contribution >= 4 is 28.3 Å². The van der Waals surface area contributed by atoms with Crippen LogP contribution in [0.25, 0.3) is 27.7 Å². The van der Waals surface area contributed by atoms with Crippen LogP contribution in [0, 0.1) is 0 Å². The number of nitrogens with one attached hydrogen (secondary N) is 3. The molecule has 0 radical (unpaired) electrons. The van der Waals surface area contributed by atoms with Gasteiger partial charge in [0, 0.05) is 48.3 Å². The Labute approximate surface area is 210 Å². The van der Waals surface area contributed by atoms with Crippen molar-refractivity contribution in [2.75, 3.05) is 19.4 Å². The largest absolute Gasteiger partial charge is 0.346 e. The maximum atomic E-state index is 12.6. The Balaban J connectivity index is 1.29. The summed E-state index contributed by atoms with van der Waals surface area (Å²) in [6.07, 6.45) is 12.7. The van der Waals surface area contributed by atoms with E-state index in [-0.39, 0.29) is 12.1 Å². The first-order chi connectivity index (χ1) is 17.5. The van der Waals surface area contributed by atoms with Gasteiger partial charge in [0.25, 0.3) is 0 Å². The van der Waals surface area contributed by atoms with Crippen LogP contribution in [-0.4, -0.2) is 50.8 Å². The number of anilines is 1. The lowest BCUT2D eigenvalue weighted by molar-refractivity contribution is 0.250. The first-order valence-electron chi connectivity index (χ1n) is 12.2. The van der Waals surface area contributed by atoms with Crippen molar-refractivity contribution in [3.8, 4) is 11.1 Å². The molecule has 4 aromatic rings. The molecule has 184 valence electrons. The molecule has 1 aliphatic carbocycles. The van der Waals surface area contributed by atoms with E-state index in [0.29, 0.717) is 6.42 Å². The lowest BCUT2D eigenvalue weighted by Gasteiger charge is -2.18. The zero-order valence-electron chi connectivity index (χ0n) is 20.8. The van der Waals surface area contributed by atoms with E-state index >= 15 is 0 Å². The molecule has 1 aliphatic rings. The highest BCUT2D eigenvalue weighted by Gasteiger charge is 2.19. The third-order valence-electron chi connectivity index (χ3n) is 6.21. The zero-order chi connectivity index (χ0) is 25.1. The van der Waals surface area contributed by atoms with Crippen LogP contribution in [0.2, 0.25) is 0 Å². The second kappa shape index (κ2) is 10.2. The van der Waals surface area contributed by atoms with Crippen molar-refractivity contribution in [3.05, 3.63) is 84.5 Å². The molecule has 5 rings (SSSR count). The molecule has 1 aromatic carbocycles. The molecule has 8 heteroatoms. The van der Waals surface area contributed by atoms with Crippen molar-refractivity contribution in [2.45, 2.75) is 32.5 Å². The molecule has 0 saturated carbocycles. The fourth-order valence-corrected chi connectivity index (χ4v) is 4.54. The molecule has 0 saturated heterocycles. The summed E-state index contributed by atoms with van der Waals surface area (Å²) in [6.45, 7) is 3.69. The van der Waals surface area contributed by atoms with Crippen LogP contribution in [0.3, 0.4) is 0 Å². The van der Waals surface area contributed by atoms with Crippen LogP contribution >= 0.6 is 0 Å². The minimum atomic E-state index is -0.217. The van der Waals surface area contributed by atoms with Gasteiger partial charge in [-0.3, -0.25) is 4.68 Å². The SMILES string of the molecule is CCn1cc(-c2ccnc3[nH]ccc23)c(C2=CCC(NC(=O)Nc3cccc(CN(C)C)c3)C=C2)n1. The van der Waals surface area contributed by atoms with E-state index in [9.17, 15) is 4.79 Å². The first kappa shape index (κ1) is 23.6. The molecule has 8 nitrogen and oxygen atoms in total. The van der Waals surface area contributed by atoms with Gasteiger partial charge < -0.3 is 20.5 Å². The van der Waals surface area contributed by atoms with E-state index in [0.717, 1.165) is 57.8 Å². The standard InChI is InChI=1S/C28H31N7O/c1-4-35-18-25(23-12-14-29-27-24(23)13-15-30-27)26(33-35)20-8-10-21(11-9-20)31-28(36)32-22-7-5-6-19(16-22)17-34(2)3/h5-10,12-16,18,21H,4,11,17H2,1-3H3,(H,29,30)(H2,31,32,36). The monoisotopic (exact) mass is 481 g/mol. The van der Waals surface area contributed by atoms with Gasteiger partial charge in [-0.2, -0.15) is 5.10 Å². The van der Waals surface area contributed by atoms with Crippen molar-refractivity contribution in [2.24, 2.45) is 0 Å². The zero-order valence-corrected chi connectivity index (χ0v) is 20.8. The summed E-state index contributed by atoms with van der Waals surface area (Å²) < 4.78 is 1.96. The first-order valence-corrected chi connectivity index (χ1v) is 12.2. The van der Waals surface area contributed by atoms with E-state index in [1.807, 2.05) is 73.7 Å². The number of H-pyrrole nitrogens is 1. The van der Waals surface area contributed by atoms with Crippen LogP contribution in [-0.2, 0) is 13.1 Å². The summed E-state index contributed by atoms with van der Waals surface area (Å²) in [7, 11) is 4.05. The van der Waals surface area contributed by atoms with Gasteiger partial charge in [-0.15, -0.1) is 0 Å². The van der Waals surface area contributed by atoms with E-state index in [1.165, 1.54) is 0 Å². The molecular formula is C28H31N7O. The van der Waals surface area contributed by atoms with Gasteiger partial charge in [-0.25, -0.2) is 9.78 Å². The highest BCUT2D eigenvalue weighted by atomic mass is 16.2. The van der Waals surface area contributed by atoms with Gasteiger partial charge in [0.05, 0.1) is 11.7 Å². The Morgan fingerprint density at radius 1 is 1.22 bits per heavy atom. The van der Waals surface area contributed by atoms with E-state index < -0.39 is 0 Å². The fourth-order valence-electron chi connectivity index (χ4n) is 4.54. The third-order valence-corrected chi connectivity index (χ3v) is 6.21. The number of aryl methyl sites for hydroxylation is 1. The van der Waals surface area contributed by atoms with Crippen molar-refractivity contribution in [3.63, 3.8) is 0 Å². The number of carbonyl (C=O) groups is 1. The molecule has 0 spiro atoms. The highest BCUT2D eigenvalue weighted by Crippen LogP contribution is 2.34. The predicted octanol–water partition coefficient (Wildman–Crippen LogP) is 5.04. The molecule has 3 heterocycles. The summed E-state index contributed by atoms with van der Waals surface area (Å²) >= 11 is 0. The number of allylic oxidation sites excluding steroid dienone is 2. The van der Waals surface area contributed by atoms with Crippen LogP contribution in [0.4, 0.5) is 10.5 Å². The van der Waals surface area contributed by atoms with Crippen LogP contribution in [0.5, 0.6) is 0 Å². The van der Waals surface area contributed by atoms with Gasteiger partial charge in [-0.05, 0) is 68.4 Å². The van der Waals surface area contributed by atoms with Gasteiger partial charge in [-0.1, -0.05) is 30.4 Å². The molecule has 3 N–H and O–H groups in total. The molecular weight excluding hydrogens is 450 g/mol. The average Bonchev–Trinajstić information content (AvgIpc) is 3.51. The summed E-state index contributed by atoms with van der Waals surface area (Å²) in [5.41, 5.74) is 6.94. The number of pyridine rings is 1. The Kier molecular flexibility index (Phi) is 6.69. The van der Waals surface area contributed by atoms with Gasteiger partial charge >= 0.3 is 6.03 Å². The molecule has 1 atom stereocenters. The fraction of sp³-hybridized carbons (Fsp3) is 0.250. The maximum Gasteiger partial charge on any atom is 0.319 e. The summed E-state index contributed by atoms with van der Waals surface area (Å²) in [6, 6.07) is 11.7. The number of aromatic amines is 1. The lowest BCUT2D eigenvalue weighted by Crippen LogP contribution is -2.37. The number of carbonyl (C=O) groups excluding carboxylic acids is 1. The smallest absolute Gasteiger partial charge is 0.319 e. The predicted molar refractivity (Wildman–Crippen MR) is 144 cm³/mol. The van der Waals surface area contributed by atoms with Crippen LogP contribution in [0.15, 0.2) is 73.2 Å². The molecule has 36 heavy (non-hydrogen) atoms. The topological polar surface area (TPSA) is 90.9 Å². The van der Waals surface area contributed by atoms with E-state index in [1.54, 1.807) is 0 Å². The summed E-state index contributed by atoms with van der Waals surface area (Å²) in [5, 5.41) is 11.9. The second-order valence-corrected chi connectivity index (χ2v) is 9.24. The normalized spacial score (nSPS) is 15.3. The molecule has 0 fully saturated rings. The van der Waals surface area contributed by atoms with Gasteiger partial charge in [0.15, 0.2) is 0 Å². The number of fused-ring (bicyclic) bond motifs is 1. The summed E-state index contributed by atoms with van der Waals surface area (Å²) in [5.74, 6) is 0. The second-order valence-electron chi connectivity index (χ2n) is 9.24. The molecule has 0 aliphatic heterocycles. The number of rotatable bonds is 7. The average molecular weight is 482 g/mol. The minimum Gasteiger partial charge on any atom is -0.346 e. The molecule has 2 amide bonds. The van der Waals surface area contributed by atoms with Crippen molar-refractivity contribution in [1.29, 1.82) is 0 Å².